The zero-order valence-corrected chi connectivity index (χ0v) is 12.9. The highest BCUT2D eigenvalue weighted by Gasteiger charge is 2.14. The van der Waals surface area contributed by atoms with E-state index >= 15 is 0 Å². The maximum Gasteiger partial charge on any atom is 0.292 e. The maximum absolute atomic E-state index is 11.1. The molecular formula is C14H14ClN3O2S. The molecule has 0 spiro atoms. The van der Waals surface area contributed by atoms with Crippen LogP contribution in [0.3, 0.4) is 0 Å². The van der Waals surface area contributed by atoms with Crippen LogP contribution >= 0.6 is 23.4 Å². The molecule has 0 unspecified atom stereocenters. The van der Waals surface area contributed by atoms with Gasteiger partial charge in [-0.1, -0.05) is 17.7 Å². The number of hydrogen-bond donors (Lipinski definition) is 1. The van der Waals surface area contributed by atoms with Crippen LogP contribution < -0.4 is 5.32 Å². The molecule has 0 bridgehead atoms. The molecule has 0 aliphatic carbocycles. The van der Waals surface area contributed by atoms with Gasteiger partial charge in [0.05, 0.1) is 9.95 Å². The number of halogens is 1. The fourth-order valence-corrected chi connectivity index (χ4v) is 2.90. The summed E-state index contributed by atoms with van der Waals surface area (Å²) < 4.78 is 0. The summed E-state index contributed by atoms with van der Waals surface area (Å²) in [6.45, 7) is 2.54. The third-order valence-corrected chi connectivity index (χ3v) is 4.22. The lowest BCUT2D eigenvalue weighted by molar-refractivity contribution is -0.384. The largest absolute Gasteiger partial charge is 0.380 e. The lowest BCUT2D eigenvalue weighted by Crippen LogP contribution is -2.01. The second kappa shape index (κ2) is 7.28. The van der Waals surface area contributed by atoms with Crippen LogP contribution in [0.5, 0.6) is 0 Å². The minimum Gasteiger partial charge on any atom is -0.380 e. The monoisotopic (exact) mass is 323 g/mol. The smallest absolute Gasteiger partial charge is 0.292 e. The van der Waals surface area contributed by atoms with Crippen molar-refractivity contribution < 1.29 is 4.92 Å². The Morgan fingerprint density at radius 2 is 2.24 bits per heavy atom. The molecule has 21 heavy (non-hydrogen) atoms. The van der Waals surface area contributed by atoms with Gasteiger partial charge < -0.3 is 5.32 Å². The number of anilines is 1. The van der Waals surface area contributed by atoms with Crippen molar-refractivity contribution in [2.45, 2.75) is 17.7 Å². The van der Waals surface area contributed by atoms with Crippen LogP contribution in [0.25, 0.3) is 0 Å². The molecule has 1 heterocycles. The molecule has 0 saturated carbocycles. The summed E-state index contributed by atoms with van der Waals surface area (Å²) in [6.07, 6.45) is 1.67. The number of aromatic nitrogens is 1. The quantitative estimate of drug-likeness (QED) is 0.486. The number of thioether (sulfide) groups is 1. The third kappa shape index (κ3) is 4.09. The fourth-order valence-electron chi connectivity index (χ4n) is 1.79. The molecule has 0 aliphatic rings. The van der Waals surface area contributed by atoms with Crippen molar-refractivity contribution in [3.63, 3.8) is 0 Å². The number of nitro groups is 1. The molecule has 0 saturated heterocycles. The van der Waals surface area contributed by atoms with Crippen molar-refractivity contribution in [2.24, 2.45) is 0 Å². The van der Waals surface area contributed by atoms with E-state index in [1.165, 1.54) is 11.8 Å². The summed E-state index contributed by atoms with van der Waals surface area (Å²) in [4.78, 5) is 14.9. The van der Waals surface area contributed by atoms with E-state index in [9.17, 15) is 10.1 Å². The number of nitrogens with zero attached hydrogens (tertiary/aromatic N) is 2. The summed E-state index contributed by atoms with van der Waals surface area (Å²) >= 11 is 7.49. The lowest BCUT2D eigenvalue weighted by atomic mass is 10.2. The zero-order chi connectivity index (χ0) is 15.2. The van der Waals surface area contributed by atoms with Crippen LogP contribution in [-0.4, -0.2) is 16.5 Å². The van der Waals surface area contributed by atoms with Gasteiger partial charge >= 0.3 is 0 Å². The van der Waals surface area contributed by atoms with Crippen molar-refractivity contribution in [2.75, 3.05) is 11.9 Å². The van der Waals surface area contributed by atoms with Crippen LogP contribution in [0, 0.1) is 10.1 Å². The van der Waals surface area contributed by atoms with Gasteiger partial charge in [-0.05, 0) is 30.7 Å². The van der Waals surface area contributed by atoms with Gasteiger partial charge in [0, 0.05) is 24.6 Å². The molecule has 2 rings (SSSR count). The molecule has 7 heteroatoms. The van der Waals surface area contributed by atoms with E-state index in [1.807, 2.05) is 13.0 Å². The fraction of sp³-hybridized carbons (Fsp3) is 0.214. The summed E-state index contributed by atoms with van der Waals surface area (Å²) in [5.41, 5.74) is 1.48. The van der Waals surface area contributed by atoms with Gasteiger partial charge in [0.15, 0.2) is 0 Å². The van der Waals surface area contributed by atoms with Crippen molar-refractivity contribution in [3.8, 4) is 0 Å². The number of nitrogens with one attached hydrogen (secondary N) is 1. The Morgan fingerprint density at radius 1 is 1.43 bits per heavy atom. The first-order valence-electron chi connectivity index (χ1n) is 6.36. The molecule has 1 aromatic carbocycles. The molecule has 0 fully saturated rings. The van der Waals surface area contributed by atoms with Crippen LogP contribution in [0.4, 0.5) is 11.4 Å². The maximum atomic E-state index is 11.1. The summed E-state index contributed by atoms with van der Waals surface area (Å²) in [7, 11) is 0. The van der Waals surface area contributed by atoms with Crippen molar-refractivity contribution >= 4 is 34.7 Å². The average molecular weight is 324 g/mol. The standard InChI is InChI=1S/C14H14ClN3O2S/c1-2-16-12-6-5-10(8-13(12)18(19)20)9-21-14-11(15)4-3-7-17-14/h3-8,16H,2,9H2,1H3. The number of benzene rings is 1. The van der Waals surface area contributed by atoms with Crippen molar-refractivity contribution in [1.82, 2.24) is 4.98 Å². The number of hydrogen-bond acceptors (Lipinski definition) is 5. The van der Waals surface area contributed by atoms with Crippen LogP contribution in [-0.2, 0) is 5.75 Å². The highest BCUT2D eigenvalue weighted by molar-refractivity contribution is 7.98. The summed E-state index contributed by atoms with van der Waals surface area (Å²) in [5.74, 6) is 0.573. The first-order chi connectivity index (χ1) is 10.1. The Balaban J connectivity index is 2.16. The molecule has 0 amide bonds. The Kier molecular flexibility index (Phi) is 5.41. The molecule has 1 aromatic heterocycles. The third-order valence-electron chi connectivity index (χ3n) is 2.73. The minimum atomic E-state index is -0.375. The first kappa shape index (κ1) is 15.6. The van der Waals surface area contributed by atoms with Crippen molar-refractivity contribution in [1.29, 1.82) is 0 Å². The topological polar surface area (TPSA) is 68.1 Å². The molecule has 0 atom stereocenters. The van der Waals surface area contributed by atoms with Gasteiger partial charge in [0.2, 0.25) is 0 Å². The van der Waals surface area contributed by atoms with E-state index in [1.54, 1.807) is 30.5 Å². The Labute approximate surface area is 131 Å². The second-order valence-electron chi connectivity index (χ2n) is 4.22. The second-order valence-corrected chi connectivity index (χ2v) is 5.59. The highest BCUT2D eigenvalue weighted by atomic mass is 35.5. The Morgan fingerprint density at radius 3 is 2.90 bits per heavy atom. The van der Waals surface area contributed by atoms with Crippen LogP contribution in [0.2, 0.25) is 5.02 Å². The average Bonchev–Trinajstić information content (AvgIpc) is 2.47. The van der Waals surface area contributed by atoms with Gasteiger partial charge in [0.1, 0.15) is 10.7 Å². The Hall–Kier alpha value is -1.79. The number of rotatable bonds is 6. The van der Waals surface area contributed by atoms with E-state index in [0.717, 1.165) is 10.6 Å². The first-order valence-corrected chi connectivity index (χ1v) is 7.72. The number of nitro benzene ring substituents is 1. The molecular weight excluding hydrogens is 310 g/mol. The van der Waals surface area contributed by atoms with Gasteiger partial charge in [-0.2, -0.15) is 0 Å². The minimum absolute atomic E-state index is 0.0852. The lowest BCUT2D eigenvalue weighted by Gasteiger charge is -2.07. The van der Waals surface area contributed by atoms with Gasteiger partial charge in [-0.3, -0.25) is 10.1 Å². The van der Waals surface area contributed by atoms with Crippen molar-refractivity contribution in [3.05, 3.63) is 57.2 Å². The summed E-state index contributed by atoms with van der Waals surface area (Å²) in [5, 5.41) is 15.4. The predicted molar refractivity (Wildman–Crippen MR) is 86.1 cm³/mol. The molecule has 0 radical (unpaired) electrons. The normalized spacial score (nSPS) is 10.4. The molecule has 2 aromatic rings. The van der Waals surface area contributed by atoms with Crippen LogP contribution in [0.1, 0.15) is 12.5 Å². The van der Waals surface area contributed by atoms with Gasteiger partial charge in [-0.15, -0.1) is 11.8 Å². The van der Waals surface area contributed by atoms with Gasteiger partial charge in [0.25, 0.3) is 5.69 Å². The predicted octanol–water partition coefficient (Wildman–Crippen LogP) is 4.37. The van der Waals surface area contributed by atoms with E-state index in [4.69, 9.17) is 11.6 Å². The Bertz CT molecular complexity index is 652. The zero-order valence-electron chi connectivity index (χ0n) is 11.4. The van der Waals surface area contributed by atoms with E-state index in [-0.39, 0.29) is 10.6 Å². The van der Waals surface area contributed by atoms with E-state index in [0.29, 0.717) is 23.0 Å². The molecule has 1 N–H and O–H groups in total. The SMILES string of the molecule is CCNc1ccc(CSc2ncccc2Cl)cc1[N+](=O)[O-]. The van der Waals surface area contributed by atoms with E-state index in [2.05, 4.69) is 10.3 Å². The molecule has 110 valence electrons. The highest BCUT2D eigenvalue weighted by Crippen LogP contribution is 2.31. The number of pyridine rings is 1. The van der Waals surface area contributed by atoms with Crippen LogP contribution in [0.15, 0.2) is 41.6 Å². The van der Waals surface area contributed by atoms with E-state index < -0.39 is 0 Å². The molecule has 0 aliphatic heterocycles. The van der Waals surface area contributed by atoms with Gasteiger partial charge in [-0.25, -0.2) is 4.98 Å². The summed E-state index contributed by atoms with van der Waals surface area (Å²) in [6, 6.07) is 8.73. The molecule has 5 nitrogen and oxygen atoms in total.